The van der Waals surface area contributed by atoms with Crippen molar-refractivity contribution in [1.82, 2.24) is 10.2 Å². The molecule has 1 fully saturated rings. The summed E-state index contributed by atoms with van der Waals surface area (Å²) in [6.07, 6.45) is 3.67. The van der Waals surface area contributed by atoms with E-state index in [9.17, 15) is 14.4 Å². The molecule has 0 atom stereocenters. The summed E-state index contributed by atoms with van der Waals surface area (Å²) in [7, 11) is 0. The van der Waals surface area contributed by atoms with Crippen LogP contribution >= 0.6 is 11.3 Å². The van der Waals surface area contributed by atoms with Crippen LogP contribution in [0.3, 0.4) is 0 Å². The SMILES string of the molecule is NC(=O)c1ccsc1NC(=O)CN(Cc1ccc(C(=O)NC2CC2)cc1)Cc1ccco1. The molecule has 2 heterocycles. The lowest BCUT2D eigenvalue weighted by molar-refractivity contribution is -0.117. The van der Waals surface area contributed by atoms with Gasteiger partial charge >= 0.3 is 0 Å². The largest absolute Gasteiger partial charge is 0.468 e. The van der Waals surface area contributed by atoms with Crippen molar-refractivity contribution in [3.05, 3.63) is 76.6 Å². The monoisotopic (exact) mass is 452 g/mol. The Morgan fingerprint density at radius 1 is 1.09 bits per heavy atom. The van der Waals surface area contributed by atoms with Crippen molar-refractivity contribution in [1.29, 1.82) is 0 Å². The number of hydrogen-bond acceptors (Lipinski definition) is 6. The summed E-state index contributed by atoms with van der Waals surface area (Å²) >= 11 is 1.25. The summed E-state index contributed by atoms with van der Waals surface area (Å²) in [4.78, 5) is 38.3. The second kappa shape index (κ2) is 9.80. The molecule has 0 bridgehead atoms. The first-order chi connectivity index (χ1) is 15.5. The van der Waals surface area contributed by atoms with Crippen LogP contribution in [0.5, 0.6) is 0 Å². The molecule has 0 saturated heterocycles. The fourth-order valence-electron chi connectivity index (χ4n) is 3.28. The number of carbonyl (C=O) groups is 3. The summed E-state index contributed by atoms with van der Waals surface area (Å²) in [6, 6.07) is 12.9. The van der Waals surface area contributed by atoms with Crippen molar-refractivity contribution >= 4 is 34.1 Å². The molecular formula is C23H24N4O4S. The number of primary amides is 1. The standard InChI is InChI=1S/C23H24N4O4S/c24-21(29)19-9-11-32-23(19)26-20(28)14-27(13-18-2-1-10-31-18)12-15-3-5-16(6-4-15)22(30)25-17-7-8-17/h1-6,9-11,17H,7-8,12-14H2,(H2,24,29)(H,25,30)(H,26,28). The topological polar surface area (TPSA) is 118 Å². The van der Waals surface area contributed by atoms with Crippen molar-refractivity contribution in [3.8, 4) is 0 Å². The van der Waals surface area contributed by atoms with Gasteiger partial charge in [-0.15, -0.1) is 11.3 Å². The molecule has 32 heavy (non-hydrogen) atoms. The number of nitrogens with two attached hydrogens (primary N) is 1. The lowest BCUT2D eigenvalue weighted by atomic mass is 10.1. The second-order valence-corrected chi connectivity index (χ2v) is 8.66. The lowest BCUT2D eigenvalue weighted by Crippen LogP contribution is -2.32. The van der Waals surface area contributed by atoms with Crippen LogP contribution in [0.2, 0.25) is 0 Å². The number of nitrogens with zero attached hydrogens (tertiary/aromatic N) is 1. The Labute approximate surface area is 189 Å². The van der Waals surface area contributed by atoms with Crippen LogP contribution in [0.15, 0.2) is 58.5 Å². The Hall–Kier alpha value is -3.43. The van der Waals surface area contributed by atoms with Crippen LogP contribution in [0, 0.1) is 0 Å². The number of thiophene rings is 1. The summed E-state index contributed by atoms with van der Waals surface area (Å²) in [5, 5.41) is 7.88. The zero-order chi connectivity index (χ0) is 22.5. The van der Waals surface area contributed by atoms with E-state index in [0.29, 0.717) is 35.3 Å². The van der Waals surface area contributed by atoms with Gasteiger partial charge in [-0.25, -0.2) is 0 Å². The molecule has 3 aromatic rings. The molecule has 1 saturated carbocycles. The number of furan rings is 1. The van der Waals surface area contributed by atoms with Crippen molar-refractivity contribution in [2.45, 2.75) is 32.0 Å². The summed E-state index contributed by atoms with van der Waals surface area (Å²) in [5.41, 5.74) is 7.23. The van der Waals surface area contributed by atoms with Crippen LogP contribution in [0.1, 0.15) is 44.9 Å². The Kier molecular flexibility index (Phi) is 6.67. The van der Waals surface area contributed by atoms with Gasteiger partial charge in [-0.3, -0.25) is 19.3 Å². The summed E-state index contributed by atoms with van der Waals surface area (Å²) in [6.45, 7) is 0.990. The molecule has 4 rings (SSSR count). The highest BCUT2D eigenvalue weighted by Crippen LogP contribution is 2.23. The lowest BCUT2D eigenvalue weighted by Gasteiger charge is -2.21. The number of anilines is 1. The van der Waals surface area contributed by atoms with Crippen molar-refractivity contribution < 1.29 is 18.8 Å². The maximum absolute atomic E-state index is 12.7. The first-order valence-corrected chi connectivity index (χ1v) is 11.2. The fraction of sp³-hybridized carbons (Fsp3) is 0.261. The summed E-state index contributed by atoms with van der Waals surface area (Å²) in [5.74, 6) is -0.180. The zero-order valence-electron chi connectivity index (χ0n) is 17.4. The first kappa shape index (κ1) is 21.8. The molecule has 1 aliphatic rings. The van der Waals surface area contributed by atoms with E-state index >= 15 is 0 Å². The van der Waals surface area contributed by atoms with E-state index in [1.165, 1.54) is 11.3 Å². The minimum atomic E-state index is -0.584. The van der Waals surface area contributed by atoms with Gasteiger partial charge in [0.15, 0.2) is 0 Å². The Morgan fingerprint density at radius 3 is 2.53 bits per heavy atom. The van der Waals surface area contributed by atoms with E-state index in [-0.39, 0.29) is 18.4 Å². The van der Waals surface area contributed by atoms with Crippen molar-refractivity contribution in [3.63, 3.8) is 0 Å². The Morgan fingerprint density at radius 2 is 1.88 bits per heavy atom. The van der Waals surface area contributed by atoms with Gasteiger partial charge in [-0.1, -0.05) is 12.1 Å². The van der Waals surface area contributed by atoms with Gasteiger partial charge in [0.1, 0.15) is 10.8 Å². The number of amides is 3. The van der Waals surface area contributed by atoms with Gasteiger partial charge in [0.25, 0.3) is 11.8 Å². The molecule has 3 amide bonds. The summed E-state index contributed by atoms with van der Waals surface area (Å²) < 4.78 is 5.45. The van der Waals surface area contributed by atoms with E-state index in [4.69, 9.17) is 10.2 Å². The highest BCUT2D eigenvalue weighted by Gasteiger charge is 2.23. The van der Waals surface area contributed by atoms with E-state index in [2.05, 4.69) is 10.6 Å². The maximum atomic E-state index is 12.7. The van der Waals surface area contributed by atoms with Crippen molar-refractivity contribution in [2.24, 2.45) is 5.73 Å². The molecule has 8 nitrogen and oxygen atoms in total. The quantitative estimate of drug-likeness (QED) is 0.437. The average Bonchev–Trinajstić information content (AvgIpc) is 3.21. The normalized spacial score (nSPS) is 13.2. The predicted octanol–water partition coefficient (Wildman–Crippen LogP) is 2.97. The van der Waals surface area contributed by atoms with Gasteiger partial charge in [-0.05, 0) is 54.1 Å². The smallest absolute Gasteiger partial charge is 0.251 e. The molecule has 9 heteroatoms. The zero-order valence-corrected chi connectivity index (χ0v) is 18.2. The second-order valence-electron chi connectivity index (χ2n) is 7.75. The highest BCUT2D eigenvalue weighted by atomic mass is 32.1. The molecule has 4 N–H and O–H groups in total. The van der Waals surface area contributed by atoms with Gasteiger partial charge in [0.2, 0.25) is 5.91 Å². The van der Waals surface area contributed by atoms with E-state index in [1.54, 1.807) is 35.9 Å². The number of carbonyl (C=O) groups excluding carboxylic acids is 3. The Bertz CT molecular complexity index is 1090. The molecule has 0 spiro atoms. The average molecular weight is 453 g/mol. The molecule has 1 aliphatic carbocycles. The predicted molar refractivity (Wildman–Crippen MR) is 121 cm³/mol. The fourth-order valence-corrected chi connectivity index (χ4v) is 4.08. The van der Waals surface area contributed by atoms with Gasteiger partial charge in [0, 0.05) is 18.2 Å². The molecule has 0 radical (unpaired) electrons. The van der Waals surface area contributed by atoms with E-state index < -0.39 is 5.91 Å². The maximum Gasteiger partial charge on any atom is 0.251 e. The van der Waals surface area contributed by atoms with Crippen LogP contribution in [-0.4, -0.2) is 35.2 Å². The minimum absolute atomic E-state index is 0.0629. The minimum Gasteiger partial charge on any atom is -0.468 e. The molecule has 166 valence electrons. The third-order valence-corrected chi connectivity index (χ3v) is 5.88. The van der Waals surface area contributed by atoms with Crippen LogP contribution in [0.25, 0.3) is 0 Å². The van der Waals surface area contributed by atoms with Crippen LogP contribution in [0.4, 0.5) is 5.00 Å². The molecule has 2 aromatic heterocycles. The van der Waals surface area contributed by atoms with E-state index in [1.807, 2.05) is 23.1 Å². The number of rotatable bonds is 10. The molecule has 0 unspecified atom stereocenters. The molecule has 1 aromatic carbocycles. The molecule has 0 aliphatic heterocycles. The van der Waals surface area contributed by atoms with Crippen molar-refractivity contribution in [2.75, 3.05) is 11.9 Å². The van der Waals surface area contributed by atoms with Crippen LogP contribution in [-0.2, 0) is 17.9 Å². The van der Waals surface area contributed by atoms with E-state index in [0.717, 1.165) is 24.2 Å². The van der Waals surface area contributed by atoms with Gasteiger partial charge in [-0.2, -0.15) is 0 Å². The van der Waals surface area contributed by atoms with Gasteiger partial charge in [0.05, 0.1) is 24.9 Å². The number of nitrogens with one attached hydrogen (secondary N) is 2. The third kappa shape index (κ3) is 5.83. The first-order valence-electron chi connectivity index (χ1n) is 10.3. The number of benzene rings is 1. The number of hydrogen-bond donors (Lipinski definition) is 3. The van der Waals surface area contributed by atoms with Gasteiger partial charge < -0.3 is 20.8 Å². The highest BCUT2D eigenvalue weighted by molar-refractivity contribution is 7.14. The molecular weight excluding hydrogens is 428 g/mol. The Balaban J connectivity index is 1.41. The van der Waals surface area contributed by atoms with Crippen LogP contribution < -0.4 is 16.4 Å². The third-order valence-electron chi connectivity index (χ3n) is 5.05.